The maximum atomic E-state index is 5.63. The van der Waals surface area contributed by atoms with Gasteiger partial charge in [0.05, 0.1) is 12.2 Å². The molecule has 1 aromatic heterocycles. The molecule has 3 rings (SSSR count). The summed E-state index contributed by atoms with van der Waals surface area (Å²) >= 11 is 0. The van der Waals surface area contributed by atoms with Gasteiger partial charge in [-0.25, -0.2) is 0 Å². The highest BCUT2D eigenvalue weighted by Gasteiger charge is 2.23. The van der Waals surface area contributed by atoms with E-state index in [1.54, 1.807) is 0 Å². The number of benzene rings is 1. The summed E-state index contributed by atoms with van der Waals surface area (Å²) in [6, 6.07) is 7.57. The molecule has 1 fully saturated rings. The molecule has 0 N–H and O–H groups in total. The number of ether oxygens (including phenoxy) is 2. The van der Waals surface area contributed by atoms with Crippen molar-refractivity contribution in [2.45, 2.75) is 6.10 Å². The van der Waals surface area contributed by atoms with Crippen LogP contribution in [0.15, 0.2) is 35.1 Å². The molecule has 2 heterocycles. The molecule has 0 bridgehead atoms. The largest absolute Gasteiger partial charge is 0.490 e. The van der Waals surface area contributed by atoms with Gasteiger partial charge in [-0.15, -0.1) is 10.2 Å². The average molecular weight is 218 g/mol. The normalized spacial score (nSPS) is 18.4. The highest BCUT2D eigenvalue weighted by molar-refractivity contribution is 5.61. The monoisotopic (exact) mass is 218 g/mol. The first-order chi connectivity index (χ1) is 7.93. The molecule has 1 aliphatic heterocycles. The molecule has 0 saturated carbocycles. The minimum Gasteiger partial charge on any atom is -0.490 e. The van der Waals surface area contributed by atoms with Crippen LogP contribution >= 0.6 is 0 Å². The first-order valence-electron chi connectivity index (χ1n) is 5.03. The average Bonchev–Trinajstić information content (AvgIpc) is 3.00. The van der Waals surface area contributed by atoms with E-state index >= 15 is 0 Å². The lowest BCUT2D eigenvalue weighted by Crippen LogP contribution is -2.04. The minimum absolute atomic E-state index is 0.232. The Balaban J connectivity index is 1.85. The Labute approximate surface area is 92.0 Å². The van der Waals surface area contributed by atoms with E-state index in [-0.39, 0.29) is 6.10 Å². The highest BCUT2D eigenvalue weighted by Crippen LogP contribution is 2.28. The fraction of sp³-hybridized carbons (Fsp3) is 0.273. The van der Waals surface area contributed by atoms with Crippen LogP contribution in [0.1, 0.15) is 0 Å². The Bertz CT molecular complexity index is 466. The number of rotatable bonds is 4. The number of hydrogen-bond donors (Lipinski definition) is 0. The molecule has 1 unspecified atom stereocenters. The third-order valence-electron chi connectivity index (χ3n) is 2.30. The van der Waals surface area contributed by atoms with Gasteiger partial charge in [0.1, 0.15) is 18.5 Å². The maximum Gasteiger partial charge on any atom is 0.251 e. The Morgan fingerprint density at radius 3 is 3.00 bits per heavy atom. The Morgan fingerprint density at radius 1 is 1.38 bits per heavy atom. The zero-order valence-electron chi connectivity index (χ0n) is 8.50. The number of para-hydroxylation sites is 1. The zero-order valence-corrected chi connectivity index (χ0v) is 8.50. The van der Waals surface area contributed by atoms with E-state index in [2.05, 4.69) is 10.2 Å². The van der Waals surface area contributed by atoms with Gasteiger partial charge in [-0.05, 0) is 12.1 Å². The summed E-state index contributed by atoms with van der Waals surface area (Å²) in [6.45, 7) is 1.34. The van der Waals surface area contributed by atoms with Gasteiger partial charge in [0.15, 0.2) is 0 Å². The second kappa shape index (κ2) is 3.94. The van der Waals surface area contributed by atoms with Crippen molar-refractivity contribution < 1.29 is 13.9 Å². The summed E-state index contributed by atoms with van der Waals surface area (Å²) in [5, 5.41) is 7.51. The van der Waals surface area contributed by atoms with E-state index in [0.29, 0.717) is 12.5 Å². The van der Waals surface area contributed by atoms with Crippen molar-refractivity contribution in [3.8, 4) is 17.2 Å². The van der Waals surface area contributed by atoms with Crippen LogP contribution in [0.5, 0.6) is 5.75 Å². The van der Waals surface area contributed by atoms with Gasteiger partial charge in [0, 0.05) is 0 Å². The third kappa shape index (κ3) is 1.90. The van der Waals surface area contributed by atoms with E-state index in [9.17, 15) is 0 Å². The van der Waals surface area contributed by atoms with Crippen molar-refractivity contribution >= 4 is 0 Å². The molecule has 2 aromatic rings. The number of nitrogens with zero attached hydrogens (tertiary/aromatic N) is 2. The summed E-state index contributed by atoms with van der Waals surface area (Å²) < 4.78 is 15.9. The Hall–Kier alpha value is -1.88. The SMILES string of the molecule is c1ccc(-c2nnco2)c(OCC2CO2)c1. The molecule has 0 spiro atoms. The zero-order chi connectivity index (χ0) is 10.8. The molecule has 82 valence electrons. The summed E-state index contributed by atoms with van der Waals surface area (Å²) in [7, 11) is 0. The van der Waals surface area contributed by atoms with E-state index in [1.807, 2.05) is 24.3 Å². The van der Waals surface area contributed by atoms with Crippen LogP contribution in [0.25, 0.3) is 11.5 Å². The van der Waals surface area contributed by atoms with Gasteiger partial charge >= 0.3 is 0 Å². The van der Waals surface area contributed by atoms with E-state index in [1.165, 1.54) is 6.39 Å². The molecule has 5 nitrogen and oxygen atoms in total. The maximum absolute atomic E-state index is 5.63. The molecule has 1 saturated heterocycles. The van der Waals surface area contributed by atoms with Crippen molar-refractivity contribution in [2.24, 2.45) is 0 Å². The quantitative estimate of drug-likeness (QED) is 0.728. The van der Waals surface area contributed by atoms with Gasteiger partial charge in [0.25, 0.3) is 5.89 Å². The van der Waals surface area contributed by atoms with E-state index in [0.717, 1.165) is 17.9 Å². The summed E-state index contributed by atoms with van der Waals surface area (Å²) in [5.41, 5.74) is 0.806. The highest BCUT2D eigenvalue weighted by atomic mass is 16.6. The van der Waals surface area contributed by atoms with Crippen LogP contribution in [-0.2, 0) is 4.74 Å². The molecule has 5 heteroatoms. The van der Waals surface area contributed by atoms with Gasteiger partial charge in [0.2, 0.25) is 6.39 Å². The molecule has 1 atom stereocenters. The van der Waals surface area contributed by atoms with Crippen LogP contribution in [0.2, 0.25) is 0 Å². The number of epoxide rings is 1. The standard InChI is InChI=1S/C11H10N2O3/c1-2-4-10(15-6-8-5-14-8)9(3-1)11-13-12-7-16-11/h1-4,7-8H,5-6H2. The van der Waals surface area contributed by atoms with Gasteiger partial charge in [-0.1, -0.05) is 12.1 Å². The van der Waals surface area contributed by atoms with Crippen molar-refractivity contribution in [2.75, 3.05) is 13.2 Å². The van der Waals surface area contributed by atoms with E-state index in [4.69, 9.17) is 13.9 Å². The predicted molar refractivity (Wildman–Crippen MR) is 55.0 cm³/mol. The third-order valence-corrected chi connectivity index (χ3v) is 2.30. The molecule has 0 radical (unpaired) electrons. The van der Waals surface area contributed by atoms with Gasteiger partial charge in [-0.2, -0.15) is 0 Å². The minimum atomic E-state index is 0.232. The van der Waals surface area contributed by atoms with Crippen molar-refractivity contribution in [1.29, 1.82) is 0 Å². The molecule has 0 amide bonds. The lowest BCUT2D eigenvalue weighted by molar-refractivity contribution is 0.263. The fourth-order valence-electron chi connectivity index (χ4n) is 1.41. The number of hydrogen-bond acceptors (Lipinski definition) is 5. The summed E-state index contributed by atoms with van der Waals surface area (Å²) in [4.78, 5) is 0. The van der Waals surface area contributed by atoms with Crippen LogP contribution in [0, 0.1) is 0 Å². The second-order valence-electron chi connectivity index (χ2n) is 3.51. The molecule has 1 aromatic carbocycles. The Morgan fingerprint density at radius 2 is 2.25 bits per heavy atom. The molecule has 0 aliphatic carbocycles. The topological polar surface area (TPSA) is 60.7 Å². The van der Waals surface area contributed by atoms with Crippen LogP contribution < -0.4 is 4.74 Å². The van der Waals surface area contributed by atoms with Gasteiger partial charge < -0.3 is 13.9 Å². The van der Waals surface area contributed by atoms with Crippen LogP contribution in [-0.4, -0.2) is 29.5 Å². The lowest BCUT2D eigenvalue weighted by Gasteiger charge is -2.07. The van der Waals surface area contributed by atoms with Gasteiger partial charge in [-0.3, -0.25) is 0 Å². The molecule has 16 heavy (non-hydrogen) atoms. The van der Waals surface area contributed by atoms with Crippen LogP contribution in [0.4, 0.5) is 0 Å². The predicted octanol–water partition coefficient (Wildman–Crippen LogP) is 1.51. The molecular weight excluding hydrogens is 208 g/mol. The lowest BCUT2D eigenvalue weighted by atomic mass is 10.2. The second-order valence-corrected chi connectivity index (χ2v) is 3.51. The Kier molecular flexibility index (Phi) is 2.30. The number of aromatic nitrogens is 2. The summed E-state index contributed by atoms with van der Waals surface area (Å²) in [6.07, 6.45) is 1.53. The summed E-state index contributed by atoms with van der Waals surface area (Å²) in [5.74, 6) is 1.20. The van der Waals surface area contributed by atoms with Crippen molar-refractivity contribution in [3.63, 3.8) is 0 Å². The molecular formula is C11H10N2O3. The molecule has 1 aliphatic rings. The van der Waals surface area contributed by atoms with E-state index < -0.39 is 0 Å². The first kappa shape index (κ1) is 9.35. The smallest absolute Gasteiger partial charge is 0.251 e. The first-order valence-corrected chi connectivity index (χ1v) is 5.03. The van der Waals surface area contributed by atoms with Crippen LogP contribution in [0.3, 0.4) is 0 Å². The van der Waals surface area contributed by atoms with Crippen molar-refractivity contribution in [3.05, 3.63) is 30.7 Å². The fourth-order valence-corrected chi connectivity index (χ4v) is 1.41. The van der Waals surface area contributed by atoms with Crippen molar-refractivity contribution in [1.82, 2.24) is 10.2 Å².